The molecule has 0 unspecified atom stereocenters. The van der Waals surface area contributed by atoms with Crippen molar-refractivity contribution in [2.24, 2.45) is 0 Å². The van der Waals surface area contributed by atoms with Crippen molar-refractivity contribution in [1.82, 2.24) is 19.9 Å². The zero-order chi connectivity index (χ0) is 27.1. The van der Waals surface area contributed by atoms with Crippen LogP contribution < -0.4 is 9.64 Å². The van der Waals surface area contributed by atoms with Crippen LogP contribution in [0.4, 0.5) is 19.5 Å². The second kappa shape index (κ2) is 10.2. The van der Waals surface area contributed by atoms with Crippen molar-refractivity contribution < 1.29 is 23.0 Å². The number of cyclic esters (lactones) is 1. The summed E-state index contributed by atoms with van der Waals surface area (Å²) >= 11 is 0. The maximum atomic E-state index is 14.1. The first kappa shape index (κ1) is 25.8. The first-order chi connectivity index (χ1) is 18.1. The van der Waals surface area contributed by atoms with Gasteiger partial charge in [0.1, 0.15) is 18.1 Å². The molecule has 2 fully saturated rings. The summed E-state index contributed by atoms with van der Waals surface area (Å²) in [5.74, 6) is 0.643. The monoisotopic (exact) mass is 523 g/mol. The first-order valence-corrected chi connectivity index (χ1v) is 12.7. The molecule has 3 aromatic rings. The van der Waals surface area contributed by atoms with Gasteiger partial charge < -0.3 is 14.4 Å². The van der Waals surface area contributed by atoms with E-state index in [0.717, 1.165) is 11.1 Å². The molecule has 0 spiro atoms. The average Bonchev–Trinajstić information content (AvgIpc) is 3.14. The lowest BCUT2D eigenvalue weighted by Gasteiger charge is -2.34. The number of alkyl halides is 1. The van der Waals surface area contributed by atoms with Gasteiger partial charge in [-0.05, 0) is 54.7 Å². The summed E-state index contributed by atoms with van der Waals surface area (Å²) in [7, 11) is 1.54. The van der Waals surface area contributed by atoms with Crippen LogP contribution >= 0.6 is 0 Å². The number of anilines is 1. The number of pyridine rings is 1. The van der Waals surface area contributed by atoms with Crippen LogP contribution in [0, 0.1) is 12.7 Å². The van der Waals surface area contributed by atoms with Crippen LogP contribution in [-0.2, 0) is 11.3 Å². The molecule has 0 aliphatic carbocycles. The lowest BCUT2D eigenvalue weighted by Crippen LogP contribution is -2.49. The Morgan fingerprint density at radius 1 is 1.13 bits per heavy atom. The van der Waals surface area contributed by atoms with Crippen LogP contribution in [0.2, 0.25) is 0 Å². The van der Waals surface area contributed by atoms with E-state index in [-0.39, 0.29) is 31.4 Å². The largest absolute Gasteiger partial charge is 0.481 e. The molecule has 5 rings (SSSR count). The Morgan fingerprint density at radius 3 is 2.55 bits per heavy atom. The number of hydrogen-bond donors (Lipinski definition) is 0. The summed E-state index contributed by atoms with van der Waals surface area (Å²) < 4.78 is 39.0. The van der Waals surface area contributed by atoms with Gasteiger partial charge in [0.15, 0.2) is 0 Å². The van der Waals surface area contributed by atoms with E-state index in [9.17, 15) is 13.6 Å². The van der Waals surface area contributed by atoms with E-state index in [0.29, 0.717) is 34.2 Å². The molecule has 2 aliphatic heterocycles. The van der Waals surface area contributed by atoms with Gasteiger partial charge in [0.25, 0.3) is 0 Å². The number of carbonyl (C=O) groups excluding carboxylic acids is 1. The minimum absolute atomic E-state index is 0.109. The molecule has 0 bridgehead atoms. The smallest absolute Gasteiger partial charge is 0.411 e. The van der Waals surface area contributed by atoms with Gasteiger partial charge in [-0.15, -0.1) is 0 Å². The number of aryl methyl sites for hydroxylation is 1. The number of aromatic nitrogens is 3. The summed E-state index contributed by atoms with van der Waals surface area (Å²) in [6.45, 7) is 8.35. The van der Waals surface area contributed by atoms with Crippen LogP contribution in [0.15, 0.2) is 36.7 Å². The summed E-state index contributed by atoms with van der Waals surface area (Å²) in [4.78, 5) is 30.1. The normalized spacial score (nSPS) is 19.6. The molecule has 4 heterocycles. The number of halogens is 2. The van der Waals surface area contributed by atoms with Crippen LogP contribution in [0.25, 0.3) is 11.1 Å². The second-order valence-electron chi connectivity index (χ2n) is 10.2. The van der Waals surface area contributed by atoms with Gasteiger partial charge in [-0.3, -0.25) is 4.90 Å². The molecular weight excluding hydrogens is 492 g/mol. The van der Waals surface area contributed by atoms with Crippen molar-refractivity contribution in [2.75, 3.05) is 25.1 Å². The Morgan fingerprint density at radius 2 is 1.89 bits per heavy atom. The third-order valence-electron chi connectivity index (χ3n) is 7.10. The highest BCUT2D eigenvalue weighted by atomic mass is 19.1. The second-order valence-corrected chi connectivity index (χ2v) is 10.2. The molecule has 1 amide bonds. The topological polar surface area (TPSA) is 80.7 Å². The average molecular weight is 524 g/mol. The number of rotatable bonds is 7. The number of hydrogen-bond acceptors (Lipinski definition) is 7. The predicted molar refractivity (Wildman–Crippen MR) is 138 cm³/mol. The highest BCUT2D eigenvalue weighted by Gasteiger charge is 2.41. The highest BCUT2D eigenvalue weighted by Crippen LogP contribution is 2.38. The summed E-state index contributed by atoms with van der Waals surface area (Å²) in [6, 6.07) is 6.24. The van der Waals surface area contributed by atoms with Gasteiger partial charge in [-0.1, -0.05) is 19.9 Å². The number of benzene rings is 1. The number of methoxy groups -OCH3 is 1. The molecule has 0 N–H and O–H groups in total. The Bertz CT molecular complexity index is 1340. The third kappa shape index (κ3) is 4.87. The molecule has 200 valence electrons. The molecule has 8 nitrogen and oxygen atoms in total. The zero-order valence-electron chi connectivity index (χ0n) is 22.1. The van der Waals surface area contributed by atoms with Crippen LogP contribution in [0.3, 0.4) is 0 Å². The molecule has 2 atom stereocenters. The van der Waals surface area contributed by atoms with Gasteiger partial charge >= 0.3 is 6.09 Å². The molecule has 0 radical (unpaired) electrons. The lowest BCUT2D eigenvalue weighted by atomic mass is 9.98. The van der Waals surface area contributed by atoms with E-state index in [1.54, 1.807) is 36.2 Å². The van der Waals surface area contributed by atoms with Crippen molar-refractivity contribution in [3.05, 3.63) is 64.9 Å². The van der Waals surface area contributed by atoms with Gasteiger partial charge in [-0.25, -0.2) is 28.5 Å². The number of amides is 1. The Hall–Kier alpha value is -3.82. The van der Waals surface area contributed by atoms with E-state index < -0.39 is 24.4 Å². The Labute approximate surface area is 220 Å². The minimum Gasteiger partial charge on any atom is -0.481 e. The minimum atomic E-state index is -0.919. The quantitative estimate of drug-likeness (QED) is 0.413. The van der Waals surface area contributed by atoms with E-state index in [1.165, 1.54) is 12.1 Å². The maximum Gasteiger partial charge on any atom is 0.411 e. The number of nitrogens with zero attached hydrogens (tertiary/aromatic N) is 5. The fourth-order valence-electron chi connectivity index (χ4n) is 4.88. The van der Waals surface area contributed by atoms with Crippen LogP contribution in [-0.4, -0.2) is 58.4 Å². The molecule has 2 aromatic heterocycles. The van der Waals surface area contributed by atoms with Gasteiger partial charge in [-0.2, -0.15) is 0 Å². The molecule has 0 saturated carbocycles. The molecule has 2 saturated heterocycles. The van der Waals surface area contributed by atoms with E-state index in [2.05, 4.69) is 23.8 Å². The fraction of sp³-hybridized carbons (Fsp3) is 0.429. The van der Waals surface area contributed by atoms with E-state index in [4.69, 9.17) is 14.5 Å². The Balaban J connectivity index is 1.54. The standard InChI is InChI=1S/C28H31F2N5O3/c1-15(2)19-9-22(26(37-5)31-10-19)23-11-32-27(34-12-21(30)13-34)33-24(23)14-35-17(4)25(38-28(35)36)18-6-16(3)7-20(29)8-18/h6-11,15,17,21,25H,12-14H2,1-5H3/t17-,25-/m0/s1. The number of ether oxygens (including phenoxy) is 2. The molecule has 10 heteroatoms. The molecular formula is C28H31F2N5O3. The van der Waals surface area contributed by atoms with Crippen molar-refractivity contribution >= 4 is 12.0 Å². The van der Waals surface area contributed by atoms with Crippen LogP contribution in [0.5, 0.6) is 5.88 Å². The SMILES string of the molecule is COc1ncc(C(C)C)cc1-c1cnc(N2CC(F)C2)nc1CN1C(=O)O[C@H](c2cc(C)cc(F)c2)[C@@H]1C. The fourth-order valence-corrected chi connectivity index (χ4v) is 4.88. The molecule has 38 heavy (non-hydrogen) atoms. The highest BCUT2D eigenvalue weighted by molar-refractivity contribution is 5.74. The summed E-state index contributed by atoms with van der Waals surface area (Å²) in [5, 5.41) is 0. The number of carbonyl (C=O) groups is 1. The van der Waals surface area contributed by atoms with Crippen molar-refractivity contribution in [1.29, 1.82) is 0 Å². The Kier molecular flexibility index (Phi) is 6.90. The first-order valence-electron chi connectivity index (χ1n) is 12.7. The maximum absolute atomic E-state index is 14.1. The third-order valence-corrected chi connectivity index (χ3v) is 7.10. The summed E-state index contributed by atoms with van der Waals surface area (Å²) in [6.07, 6.45) is 1.37. The van der Waals surface area contributed by atoms with E-state index >= 15 is 0 Å². The van der Waals surface area contributed by atoms with E-state index in [1.807, 2.05) is 19.1 Å². The van der Waals surface area contributed by atoms with Gasteiger partial charge in [0.2, 0.25) is 11.8 Å². The summed E-state index contributed by atoms with van der Waals surface area (Å²) in [5.41, 5.74) is 4.26. The van der Waals surface area contributed by atoms with Crippen LogP contribution in [0.1, 0.15) is 55.2 Å². The molecule has 2 aliphatic rings. The lowest BCUT2D eigenvalue weighted by molar-refractivity contribution is 0.130. The predicted octanol–water partition coefficient (Wildman–Crippen LogP) is 5.36. The van der Waals surface area contributed by atoms with Gasteiger partial charge in [0.05, 0.1) is 38.5 Å². The van der Waals surface area contributed by atoms with Crippen molar-refractivity contribution in [3.8, 4) is 17.0 Å². The van der Waals surface area contributed by atoms with Crippen molar-refractivity contribution in [2.45, 2.75) is 58.5 Å². The molecule has 1 aromatic carbocycles. The van der Waals surface area contributed by atoms with Crippen molar-refractivity contribution in [3.63, 3.8) is 0 Å². The zero-order valence-corrected chi connectivity index (χ0v) is 22.1. The van der Waals surface area contributed by atoms with Gasteiger partial charge in [0, 0.05) is 23.5 Å².